The van der Waals surface area contributed by atoms with Gasteiger partial charge in [-0.1, -0.05) is 6.07 Å². The topological polar surface area (TPSA) is 58.6 Å². The number of nitrogens with zero attached hydrogens (tertiary/aromatic N) is 1. The minimum absolute atomic E-state index is 0.117. The van der Waals surface area contributed by atoms with Crippen molar-refractivity contribution in [2.75, 3.05) is 25.0 Å². The molecule has 5 nitrogen and oxygen atoms in total. The third kappa shape index (κ3) is 3.54. The lowest BCUT2D eigenvalue weighted by atomic mass is 9.92. The number of amides is 1. The number of benzene rings is 2. The molecule has 4 rings (SSSR count). The van der Waals surface area contributed by atoms with Crippen molar-refractivity contribution in [3.8, 4) is 5.75 Å². The molecule has 2 aromatic carbocycles. The molecule has 0 aromatic heterocycles. The highest BCUT2D eigenvalue weighted by molar-refractivity contribution is 6.07. The van der Waals surface area contributed by atoms with Gasteiger partial charge < -0.3 is 10.1 Å². The number of rotatable bonds is 5. The molecule has 0 aliphatic carbocycles. The molecule has 1 saturated heterocycles. The highest BCUT2D eigenvalue weighted by Crippen LogP contribution is 2.38. The van der Waals surface area contributed by atoms with Crippen LogP contribution < -0.4 is 10.1 Å². The maximum atomic E-state index is 12.8. The lowest BCUT2D eigenvalue weighted by Gasteiger charge is -2.32. The van der Waals surface area contributed by atoms with Crippen molar-refractivity contribution >= 4 is 17.4 Å². The van der Waals surface area contributed by atoms with Crippen molar-refractivity contribution in [2.24, 2.45) is 0 Å². The first kappa shape index (κ1) is 18.7. The minimum atomic E-state index is -0.218. The number of carbonyl (C=O) groups excluding carboxylic acids is 2. The Morgan fingerprint density at radius 3 is 2.82 bits per heavy atom. The van der Waals surface area contributed by atoms with Crippen LogP contribution in [0.2, 0.25) is 0 Å². The van der Waals surface area contributed by atoms with E-state index in [2.05, 4.69) is 22.3 Å². The number of hydrogen-bond donors (Lipinski definition) is 1. The standard InChI is InChI=1S/C23H26N2O3/c1-3-28-22-9-7-17(13-19(22)15(2)26)23(27)24-18-8-6-16-10-12-25-11-4-5-21(25)20(16)14-18/h6-9,13-14,21H,3-5,10-12H2,1-2H3,(H,24,27). The Bertz CT molecular complexity index is 922. The number of nitrogens with one attached hydrogen (secondary N) is 1. The molecule has 1 atom stereocenters. The van der Waals surface area contributed by atoms with Crippen LogP contribution in [-0.4, -0.2) is 36.3 Å². The second-order valence-electron chi connectivity index (χ2n) is 7.51. The summed E-state index contributed by atoms with van der Waals surface area (Å²) in [5, 5.41) is 3.00. The Balaban J connectivity index is 1.57. The normalized spacial score (nSPS) is 18.3. The lowest BCUT2D eigenvalue weighted by molar-refractivity contribution is 0.101. The monoisotopic (exact) mass is 378 g/mol. The molecule has 1 fully saturated rings. The maximum absolute atomic E-state index is 12.8. The largest absolute Gasteiger partial charge is 0.493 e. The fourth-order valence-electron chi connectivity index (χ4n) is 4.35. The molecule has 1 N–H and O–H groups in total. The second-order valence-corrected chi connectivity index (χ2v) is 7.51. The van der Waals surface area contributed by atoms with Gasteiger partial charge in [-0.15, -0.1) is 0 Å². The second kappa shape index (κ2) is 7.76. The van der Waals surface area contributed by atoms with Gasteiger partial charge in [0, 0.05) is 23.8 Å². The van der Waals surface area contributed by atoms with Crippen molar-refractivity contribution in [1.29, 1.82) is 0 Å². The summed E-state index contributed by atoms with van der Waals surface area (Å²) in [6.45, 7) is 6.12. The Kier molecular flexibility index (Phi) is 5.18. The molecule has 0 radical (unpaired) electrons. The van der Waals surface area contributed by atoms with E-state index in [4.69, 9.17) is 4.74 Å². The first-order chi connectivity index (χ1) is 13.6. The van der Waals surface area contributed by atoms with Gasteiger partial charge in [-0.2, -0.15) is 0 Å². The molecule has 0 spiro atoms. The molecule has 2 heterocycles. The van der Waals surface area contributed by atoms with Gasteiger partial charge in [-0.05, 0) is 81.1 Å². The van der Waals surface area contributed by atoms with Gasteiger partial charge in [0.15, 0.2) is 5.78 Å². The summed E-state index contributed by atoms with van der Waals surface area (Å²) in [5.74, 6) is 0.180. The van der Waals surface area contributed by atoms with E-state index in [0.29, 0.717) is 29.5 Å². The SMILES string of the molecule is CCOc1ccc(C(=O)Nc2ccc3c(c2)C2CCCN2CC3)cc1C(C)=O. The zero-order valence-electron chi connectivity index (χ0n) is 16.5. The first-order valence-corrected chi connectivity index (χ1v) is 10.0. The zero-order chi connectivity index (χ0) is 19.7. The Labute approximate surface area is 165 Å². The minimum Gasteiger partial charge on any atom is -0.493 e. The quantitative estimate of drug-likeness (QED) is 0.791. The van der Waals surface area contributed by atoms with Crippen molar-refractivity contribution in [1.82, 2.24) is 4.90 Å². The van der Waals surface area contributed by atoms with E-state index in [1.807, 2.05) is 13.0 Å². The third-order valence-corrected chi connectivity index (χ3v) is 5.72. The molecular formula is C23H26N2O3. The molecule has 146 valence electrons. The summed E-state index contributed by atoms with van der Waals surface area (Å²) < 4.78 is 5.50. The van der Waals surface area contributed by atoms with E-state index in [0.717, 1.165) is 18.7 Å². The van der Waals surface area contributed by atoms with Crippen LogP contribution in [0.3, 0.4) is 0 Å². The van der Waals surface area contributed by atoms with E-state index < -0.39 is 0 Å². The van der Waals surface area contributed by atoms with E-state index in [-0.39, 0.29) is 11.7 Å². The van der Waals surface area contributed by atoms with Gasteiger partial charge in [0.05, 0.1) is 12.2 Å². The Morgan fingerprint density at radius 2 is 2.04 bits per heavy atom. The van der Waals surface area contributed by atoms with E-state index in [1.54, 1.807) is 18.2 Å². The predicted octanol–water partition coefficient (Wildman–Crippen LogP) is 4.23. The van der Waals surface area contributed by atoms with Gasteiger partial charge >= 0.3 is 0 Å². The summed E-state index contributed by atoms with van der Waals surface area (Å²) in [5.41, 5.74) is 4.42. The van der Waals surface area contributed by atoms with Crippen molar-refractivity contribution in [3.05, 3.63) is 58.7 Å². The highest BCUT2D eigenvalue weighted by atomic mass is 16.5. The molecule has 2 aliphatic rings. The highest BCUT2D eigenvalue weighted by Gasteiger charge is 2.31. The molecule has 0 saturated carbocycles. The van der Waals surface area contributed by atoms with Crippen molar-refractivity contribution < 1.29 is 14.3 Å². The summed E-state index contributed by atoms with van der Waals surface area (Å²) in [6, 6.07) is 11.7. The van der Waals surface area contributed by atoms with Crippen LogP contribution >= 0.6 is 0 Å². The molecule has 5 heteroatoms. The molecule has 2 aromatic rings. The zero-order valence-corrected chi connectivity index (χ0v) is 16.5. The summed E-state index contributed by atoms with van der Waals surface area (Å²) in [6.07, 6.45) is 3.49. The van der Waals surface area contributed by atoms with Crippen LogP contribution in [0.25, 0.3) is 0 Å². The Morgan fingerprint density at radius 1 is 1.18 bits per heavy atom. The number of fused-ring (bicyclic) bond motifs is 3. The third-order valence-electron chi connectivity index (χ3n) is 5.72. The molecule has 28 heavy (non-hydrogen) atoms. The fourth-order valence-corrected chi connectivity index (χ4v) is 4.35. The van der Waals surface area contributed by atoms with Crippen LogP contribution in [0.15, 0.2) is 36.4 Å². The van der Waals surface area contributed by atoms with Gasteiger partial charge in [0.25, 0.3) is 5.91 Å². The molecule has 1 amide bonds. The van der Waals surface area contributed by atoms with Gasteiger partial charge in [0.2, 0.25) is 0 Å². The van der Waals surface area contributed by atoms with Crippen LogP contribution in [0.1, 0.15) is 64.6 Å². The number of anilines is 1. The smallest absolute Gasteiger partial charge is 0.255 e. The number of carbonyl (C=O) groups is 2. The summed E-state index contributed by atoms with van der Waals surface area (Å²) in [7, 11) is 0. The van der Waals surface area contributed by atoms with Gasteiger partial charge in [0.1, 0.15) is 5.75 Å². The van der Waals surface area contributed by atoms with Crippen molar-refractivity contribution in [2.45, 2.75) is 39.2 Å². The van der Waals surface area contributed by atoms with Crippen LogP contribution in [0, 0.1) is 0 Å². The number of hydrogen-bond acceptors (Lipinski definition) is 4. The molecule has 0 bridgehead atoms. The van der Waals surface area contributed by atoms with Crippen molar-refractivity contribution in [3.63, 3.8) is 0 Å². The molecule has 1 unspecified atom stereocenters. The number of Topliss-reactive ketones (excluding diaryl/α,β-unsaturated/α-hetero) is 1. The first-order valence-electron chi connectivity index (χ1n) is 10.0. The van der Waals surface area contributed by atoms with Crippen LogP contribution in [0.5, 0.6) is 5.75 Å². The Hall–Kier alpha value is -2.66. The van der Waals surface area contributed by atoms with Gasteiger partial charge in [-0.25, -0.2) is 0 Å². The number of ether oxygens (including phenoxy) is 1. The fraction of sp³-hybridized carbons (Fsp3) is 0.391. The van der Waals surface area contributed by atoms with Crippen LogP contribution in [0.4, 0.5) is 5.69 Å². The lowest BCUT2D eigenvalue weighted by Crippen LogP contribution is -2.31. The molecule has 2 aliphatic heterocycles. The number of ketones is 1. The van der Waals surface area contributed by atoms with Gasteiger partial charge in [-0.3, -0.25) is 14.5 Å². The van der Waals surface area contributed by atoms with E-state index >= 15 is 0 Å². The molecular weight excluding hydrogens is 352 g/mol. The summed E-state index contributed by atoms with van der Waals surface area (Å²) >= 11 is 0. The summed E-state index contributed by atoms with van der Waals surface area (Å²) in [4.78, 5) is 27.2. The average Bonchev–Trinajstić information content (AvgIpc) is 3.17. The van der Waals surface area contributed by atoms with E-state index in [9.17, 15) is 9.59 Å². The average molecular weight is 378 g/mol. The predicted molar refractivity (Wildman–Crippen MR) is 109 cm³/mol. The van der Waals surface area contributed by atoms with Crippen LogP contribution in [-0.2, 0) is 6.42 Å². The maximum Gasteiger partial charge on any atom is 0.255 e. The van der Waals surface area contributed by atoms with E-state index in [1.165, 1.54) is 37.4 Å².